The van der Waals surface area contributed by atoms with Gasteiger partial charge in [0.05, 0.1) is 0 Å². The number of hydrogen-bond acceptors (Lipinski definition) is 3. The van der Waals surface area contributed by atoms with Gasteiger partial charge in [-0.15, -0.1) is 0 Å². The Hall–Kier alpha value is -2.46. The first-order valence-corrected chi connectivity index (χ1v) is 9.71. The second kappa shape index (κ2) is 8.96. The van der Waals surface area contributed by atoms with Gasteiger partial charge in [0.2, 0.25) is 0 Å². The summed E-state index contributed by atoms with van der Waals surface area (Å²) in [6.45, 7) is 4.60. The maximum atomic E-state index is 12.4. The van der Waals surface area contributed by atoms with Gasteiger partial charge in [0, 0.05) is 24.2 Å². The molecule has 3 rings (SSSR count). The Morgan fingerprint density at radius 2 is 1.85 bits per heavy atom. The normalized spacial score (nSPS) is 17.5. The van der Waals surface area contributed by atoms with Crippen molar-refractivity contribution in [1.29, 1.82) is 0 Å². The molecule has 1 amide bonds. The summed E-state index contributed by atoms with van der Waals surface area (Å²) in [4.78, 5) is 26.6. The van der Waals surface area contributed by atoms with Crippen LogP contribution in [0.1, 0.15) is 46.9 Å². The predicted octanol–water partition coefficient (Wildman–Crippen LogP) is 4.02. The molecule has 0 radical (unpaired) electrons. The van der Waals surface area contributed by atoms with Crippen molar-refractivity contribution in [3.63, 3.8) is 0 Å². The highest BCUT2D eigenvalue weighted by molar-refractivity contribution is 6.01. The third-order valence-electron chi connectivity index (χ3n) is 5.32. The number of carbonyl (C=O) groups excluding carboxylic acids is 2. The summed E-state index contributed by atoms with van der Waals surface area (Å²) in [5.74, 6) is 0.681. The van der Waals surface area contributed by atoms with E-state index >= 15 is 0 Å². The van der Waals surface area contributed by atoms with Crippen LogP contribution >= 0.6 is 0 Å². The maximum Gasteiger partial charge on any atom is 0.251 e. The van der Waals surface area contributed by atoms with Crippen LogP contribution in [-0.2, 0) is 0 Å². The fraction of sp³-hybridized carbons (Fsp3) is 0.391. The fourth-order valence-electron chi connectivity index (χ4n) is 3.84. The van der Waals surface area contributed by atoms with Crippen LogP contribution in [0.5, 0.6) is 0 Å². The number of likely N-dealkylation sites (tertiary alicyclic amines) is 1. The standard InChI is InChI=1S/C23H28N2O2/c1-17(26)21-7-3-4-8-22(21)19-9-11-20(12-10-19)23(27)24-14-13-18-6-5-15-25(2)16-18/h3-4,7-12,18H,5-6,13-16H2,1-2H3,(H,24,27). The van der Waals surface area contributed by atoms with Gasteiger partial charge < -0.3 is 10.2 Å². The minimum Gasteiger partial charge on any atom is -0.352 e. The zero-order valence-corrected chi connectivity index (χ0v) is 16.2. The summed E-state index contributed by atoms with van der Waals surface area (Å²) in [5.41, 5.74) is 3.20. The molecule has 1 aliphatic rings. The van der Waals surface area contributed by atoms with E-state index in [-0.39, 0.29) is 11.7 Å². The molecule has 1 atom stereocenters. The highest BCUT2D eigenvalue weighted by atomic mass is 16.1. The van der Waals surface area contributed by atoms with Crippen LogP contribution in [0.15, 0.2) is 48.5 Å². The summed E-state index contributed by atoms with van der Waals surface area (Å²) in [7, 11) is 2.16. The third-order valence-corrected chi connectivity index (χ3v) is 5.32. The van der Waals surface area contributed by atoms with Crippen LogP contribution in [-0.4, -0.2) is 43.3 Å². The van der Waals surface area contributed by atoms with E-state index in [0.717, 1.165) is 24.1 Å². The molecule has 142 valence electrons. The van der Waals surface area contributed by atoms with Gasteiger partial charge in [0.25, 0.3) is 5.91 Å². The molecule has 0 aliphatic carbocycles. The van der Waals surface area contributed by atoms with E-state index in [0.29, 0.717) is 23.6 Å². The molecule has 1 saturated heterocycles. The molecule has 1 unspecified atom stereocenters. The predicted molar refractivity (Wildman–Crippen MR) is 109 cm³/mol. The molecular formula is C23H28N2O2. The fourth-order valence-corrected chi connectivity index (χ4v) is 3.84. The second-order valence-electron chi connectivity index (χ2n) is 7.49. The Morgan fingerprint density at radius 1 is 1.11 bits per heavy atom. The van der Waals surface area contributed by atoms with E-state index in [2.05, 4.69) is 17.3 Å². The lowest BCUT2D eigenvalue weighted by Gasteiger charge is -2.29. The zero-order chi connectivity index (χ0) is 19.2. The molecule has 1 fully saturated rings. The van der Waals surface area contributed by atoms with Crippen molar-refractivity contribution in [3.05, 3.63) is 59.7 Å². The molecule has 1 aliphatic heterocycles. The Bertz CT molecular complexity index is 798. The van der Waals surface area contributed by atoms with Gasteiger partial charge in [-0.05, 0) is 69.0 Å². The molecule has 0 spiro atoms. The van der Waals surface area contributed by atoms with E-state index in [1.165, 1.54) is 19.4 Å². The van der Waals surface area contributed by atoms with E-state index in [4.69, 9.17) is 0 Å². The molecule has 27 heavy (non-hydrogen) atoms. The quantitative estimate of drug-likeness (QED) is 0.788. The summed E-state index contributed by atoms with van der Waals surface area (Å²) in [6, 6.07) is 15.0. The summed E-state index contributed by atoms with van der Waals surface area (Å²) < 4.78 is 0. The van der Waals surface area contributed by atoms with Crippen molar-refractivity contribution < 1.29 is 9.59 Å². The van der Waals surface area contributed by atoms with Crippen molar-refractivity contribution in [2.45, 2.75) is 26.2 Å². The number of rotatable bonds is 6. The van der Waals surface area contributed by atoms with Gasteiger partial charge in [-0.25, -0.2) is 0 Å². The molecule has 1 heterocycles. The Morgan fingerprint density at radius 3 is 2.56 bits per heavy atom. The Labute approximate surface area is 161 Å². The van der Waals surface area contributed by atoms with E-state index in [1.54, 1.807) is 6.92 Å². The molecule has 0 aromatic heterocycles. The van der Waals surface area contributed by atoms with Crippen molar-refractivity contribution in [2.75, 3.05) is 26.7 Å². The van der Waals surface area contributed by atoms with Gasteiger partial charge in [0.1, 0.15) is 0 Å². The minimum absolute atomic E-state index is 0.0365. The molecule has 0 bridgehead atoms. The monoisotopic (exact) mass is 364 g/mol. The first kappa shape index (κ1) is 19.3. The molecule has 1 N–H and O–H groups in total. The van der Waals surface area contributed by atoms with Crippen molar-refractivity contribution in [1.82, 2.24) is 10.2 Å². The van der Waals surface area contributed by atoms with E-state index in [1.807, 2.05) is 48.5 Å². The average Bonchev–Trinajstić information content (AvgIpc) is 2.68. The molecule has 2 aromatic rings. The number of Topliss-reactive ketones (excluding diaryl/α,β-unsaturated/α-hetero) is 1. The van der Waals surface area contributed by atoms with Crippen molar-refractivity contribution >= 4 is 11.7 Å². The lowest BCUT2D eigenvalue weighted by atomic mass is 9.95. The number of piperidine rings is 1. The second-order valence-corrected chi connectivity index (χ2v) is 7.49. The number of carbonyl (C=O) groups is 2. The topological polar surface area (TPSA) is 49.4 Å². The van der Waals surface area contributed by atoms with Crippen LogP contribution in [0.2, 0.25) is 0 Å². The van der Waals surface area contributed by atoms with Crippen molar-refractivity contribution in [2.24, 2.45) is 5.92 Å². The van der Waals surface area contributed by atoms with Gasteiger partial charge >= 0.3 is 0 Å². The molecule has 0 saturated carbocycles. The Kier molecular flexibility index (Phi) is 6.40. The van der Waals surface area contributed by atoms with Gasteiger partial charge in [0.15, 0.2) is 5.78 Å². The van der Waals surface area contributed by atoms with Crippen LogP contribution in [0.4, 0.5) is 0 Å². The molecule has 4 heteroatoms. The smallest absolute Gasteiger partial charge is 0.251 e. The van der Waals surface area contributed by atoms with Crippen LogP contribution in [0.25, 0.3) is 11.1 Å². The van der Waals surface area contributed by atoms with Crippen LogP contribution in [0.3, 0.4) is 0 Å². The highest BCUT2D eigenvalue weighted by Gasteiger charge is 2.17. The first-order valence-electron chi connectivity index (χ1n) is 9.71. The molecule has 4 nitrogen and oxygen atoms in total. The lowest BCUT2D eigenvalue weighted by Crippen LogP contribution is -2.34. The SMILES string of the molecule is CC(=O)c1ccccc1-c1ccc(C(=O)NCCC2CCCN(C)C2)cc1. The first-order chi connectivity index (χ1) is 13.0. The number of nitrogens with one attached hydrogen (secondary N) is 1. The molecule has 2 aromatic carbocycles. The van der Waals surface area contributed by atoms with E-state index < -0.39 is 0 Å². The van der Waals surface area contributed by atoms with Crippen LogP contribution < -0.4 is 5.32 Å². The summed E-state index contributed by atoms with van der Waals surface area (Å²) in [6.07, 6.45) is 3.53. The maximum absolute atomic E-state index is 12.4. The third kappa shape index (κ3) is 5.04. The van der Waals surface area contributed by atoms with Gasteiger partial charge in [-0.1, -0.05) is 36.4 Å². The highest BCUT2D eigenvalue weighted by Crippen LogP contribution is 2.24. The number of amides is 1. The Balaban J connectivity index is 1.58. The van der Waals surface area contributed by atoms with Gasteiger partial charge in [-0.3, -0.25) is 9.59 Å². The lowest BCUT2D eigenvalue weighted by molar-refractivity contribution is 0.0947. The largest absolute Gasteiger partial charge is 0.352 e. The summed E-state index contributed by atoms with van der Waals surface area (Å²) in [5, 5.41) is 3.04. The summed E-state index contributed by atoms with van der Waals surface area (Å²) >= 11 is 0. The minimum atomic E-state index is -0.0365. The number of benzene rings is 2. The number of nitrogens with zero attached hydrogens (tertiary/aromatic N) is 1. The van der Waals surface area contributed by atoms with Crippen LogP contribution in [0, 0.1) is 5.92 Å². The molecular weight excluding hydrogens is 336 g/mol. The average molecular weight is 364 g/mol. The van der Waals surface area contributed by atoms with E-state index in [9.17, 15) is 9.59 Å². The number of ketones is 1. The van der Waals surface area contributed by atoms with Gasteiger partial charge in [-0.2, -0.15) is 0 Å². The number of hydrogen-bond donors (Lipinski definition) is 1. The zero-order valence-electron chi connectivity index (χ0n) is 16.2. The van der Waals surface area contributed by atoms with Crippen molar-refractivity contribution in [3.8, 4) is 11.1 Å².